The minimum atomic E-state index is -0.155. The van der Waals surface area contributed by atoms with Crippen molar-refractivity contribution in [3.8, 4) is 5.69 Å². The van der Waals surface area contributed by atoms with Gasteiger partial charge in [-0.05, 0) is 25.1 Å². The Morgan fingerprint density at radius 2 is 1.94 bits per heavy atom. The third kappa shape index (κ3) is 1.77. The molecule has 0 spiro atoms. The van der Waals surface area contributed by atoms with Crippen LogP contribution in [0.2, 0.25) is 0 Å². The molecule has 2 heterocycles. The topological polar surface area (TPSA) is 30.7 Å². The number of nitrogens with zero attached hydrogens (tertiary/aromatic N) is 3. The molecule has 90 valence electrons. The summed E-state index contributed by atoms with van der Waals surface area (Å²) in [6.07, 6.45) is 3.53. The molecule has 1 aromatic carbocycles. The maximum atomic E-state index is 6.23. The monoisotopic (exact) mass is 257 g/mol. The van der Waals surface area contributed by atoms with Gasteiger partial charge in [-0.1, -0.05) is 18.2 Å². The van der Waals surface area contributed by atoms with Crippen LogP contribution in [0, 0.1) is 0 Å². The van der Waals surface area contributed by atoms with Gasteiger partial charge in [-0.3, -0.25) is 9.55 Å². The van der Waals surface area contributed by atoms with E-state index in [0.717, 1.165) is 22.5 Å². The molecule has 0 aliphatic carbocycles. The molecule has 0 aliphatic rings. The smallest absolute Gasteiger partial charge is 0.132 e. The molecular weight excluding hydrogens is 246 g/mol. The van der Waals surface area contributed by atoms with Crippen molar-refractivity contribution < 1.29 is 0 Å². The van der Waals surface area contributed by atoms with Crippen molar-refractivity contribution in [2.75, 3.05) is 0 Å². The normalized spacial score (nSPS) is 12.8. The molecule has 0 amide bonds. The molecule has 0 N–H and O–H groups in total. The molecule has 0 bridgehead atoms. The van der Waals surface area contributed by atoms with E-state index >= 15 is 0 Å². The fraction of sp³-hybridized carbons (Fsp3) is 0.143. The van der Waals surface area contributed by atoms with Crippen LogP contribution in [0.3, 0.4) is 0 Å². The molecule has 0 fully saturated rings. The summed E-state index contributed by atoms with van der Waals surface area (Å²) in [7, 11) is 0. The summed E-state index contributed by atoms with van der Waals surface area (Å²) < 4.78 is 2.08. The second-order valence-electron chi connectivity index (χ2n) is 4.12. The molecule has 1 atom stereocenters. The Balaban J connectivity index is 2.35. The zero-order valence-corrected chi connectivity index (χ0v) is 10.7. The average Bonchev–Trinajstić information content (AvgIpc) is 2.79. The Morgan fingerprint density at radius 3 is 2.67 bits per heavy atom. The van der Waals surface area contributed by atoms with Gasteiger partial charge >= 0.3 is 0 Å². The number of halogens is 1. The molecule has 1 unspecified atom stereocenters. The Hall–Kier alpha value is -1.87. The van der Waals surface area contributed by atoms with E-state index in [0.29, 0.717) is 0 Å². The first-order valence-electron chi connectivity index (χ1n) is 5.79. The molecule has 3 aromatic rings. The zero-order valence-electron chi connectivity index (χ0n) is 9.92. The first kappa shape index (κ1) is 11.2. The molecule has 0 aliphatic heterocycles. The number of aromatic nitrogens is 3. The number of benzene rings is 1. The van der Waals surface area contributed by atoms with Crippen molar-refractivity contribution in [1.82, 2.24) is 14.5 Å². The van der Waals surface area contributed by atoms with Crippen molar-refractivity contribution >= 4 is 22.6 Å². The zero-order chi connectivity index (χ0) is 12.5. The lowest BCUT2D eigenvalue weighted by molar-refractivity contribution is 0.882. The number of para-hydroxylation sites is 1. The highest BCUT2D eigenvalue weighted by atomic mass is 35.5. The Labute approximate surface area is 110 Å². The molecular formula is C14H12ClN3. The predicted molar refractivity (Wildman–Crippen MR) is 73.1 cm³/mol. The van der Waals surface area contributed by atoms with E-state index in [1.807, 2.05) is 43.3 Å². The number of hydrogen-bond acceptors (Lipinski definition) is 2. The van der Waals surface area contributed by atoms with Gasteiger partial charge in [0.2, 0.25) is 0 Å². The number of imidazole rings is 1. The van der Waals surface area contributed by atoms with Gasteiger partial charge in [0.1, 0.15) is 11.3 Å². The Bertz CT molecular complexity index is 674. The van der Waals surface area contributed by atoms with E-state index in [1.54, 1.807) is 12.4 Å². The standard InChI is InChI=1S/C14H12ClN3/c1-10(15)14-17-12-9-16-8-7-13(12)18(14)11-5-3-2-4-6-11/h2-10H,1H3. The van der Waals surface area contributed by atoms with E-state index in [-0.39, 0.29) is 5.38 Å². The summed E-state index contributed by atoms with van der Waals surface area (Å²) in [5.74, 6) is 0.839. The highest BCUT2D eigenvalue weighted by molar-refractivity contribution is 6.20. The number of fused-ring (bicyclic) bond motifs is 1. The van der Waals surface area contributed by atoms with Gasteiger partial charge in [0.05, 0.1) is 17.1 Å². The van der Waals surface area contributed by atoms with E-state index < -0.39 is 0 Å². The van der Waals surface area contributed by atoms with Crippen LogP contribution < -0.4 is 0 Å². The second kappa shape index (κ2) is 4.42. The summed E-state index contributed by atoms with van der Waals surface area (Å²) in [5.41, 5.74) is 2.95. The van der Waals surface area contributed by atoms with Gasteiger partial charge in [-0.2, -0.15) is 0 Å². The molecule has 0 saturated heterocycles. The minimum Gasteiger partial charge on any atom is -0.295 e. The first-order chi connectivity index (χ1) is 8.77. The summed E-state index contributed by atoms with van der Waals surface area (Å²) in [6.45, 7) is 1.93. The molecule has 18 heavy (non-hydrogen) atoms. The number of rotatable bonds is 2. The number of alkyl halides is 1. The summed E-state index contributed by atoms with van der Waals surface area (Å²) in [5, 5.41) is -0.155. The van der Waals surface area contributed by atoms with Crippen LogP contribution in [0.4, 0.5) is 0 Å². The Morgan fingerprint density at radius 1 is 1.17 bits per heavy atom. The van der Waals surface area contributed by atoms with Crippen LogP contribution in [0.5, 0.6) is 0 Å². The van der Waals surface area contributed by atoms with E-state index in [9.17, 15) is 0 Å². The van der Waals surface area contributed by atoms with Gasteiger partial charge in [0.15, 0.2) is 0 Å². The summed E-state index contributed by atoms with van der Waals surface area (Å²) >= 11 is 6.23. The van der Waals surface area contributed by atoms with Crippen LogP contribution in [0.25, 0.3) is 16.7 Å². The van der Waals surface area contributed by atoms with Crippen molar-refractivity contribution in [3.05, 3.63) is 54.6 Å². The fourth-order valence-electron chi connectivity index (χ4n) is 2.07. The lowest BCUT2D eigenvalue weighted by Crippen LogP contribution is -2.01. The van der Waals surface area contributed by atoms with Crippen LogP contribution in [0.1, 0.15) is 18.1 Å². The van der Waals surface area contributed by atoms with E-state index in [2.05, 4.69) is 14.5 Å². The lowest BCUT2D eigenvalue weighted by atomic mass is 10.3. The number of hydrogen-bond donors (Lipinski definition) is 0. The molecule has 3 rings (SSSR count). The Kier molecular flexibility index (Phi) is 2.76. The van der Waals surface area contributed by atoms with Crippen molar-refractivity contribution in [2.24, 2.45) is 0 Å². The first-order valence-corrected chi connectivity index (χ1v) is 6.23. The van der Waals surface area contributed by atoms with Crippen LogP contribution in [-0.2, 0) is 0 Å². The molecule has 0 radical (unpaired) electrons. The van der Waals surface area contributed by atoms with Crippen LogP contribution in [0.15, 0.2) is 48.8 Å². The largest absolute Gasteiger partial charge is 0.295 e. The average molecular weight is 258 g/mol. The van der Waals surface area contributed by atoms with Gasteiger partial charge in [0.25, 0.3) is 0 Å². The van der Waals surface area contributed by atoms with Gasteiger partial charge in [-0.15, -0.1) is 11.6 Å². The van der Waals surface area contributed by atoms with E-state index in [1.165, 1.54) is 0 Å². The van der Waals surface area contributed by atoms with E-state index in [4.69, 9.17) is 11.6 Å². The third-order valence-electron chi connectivity index (χ3n) is 2.85. The molecule has 2 aromatic heterocycles. The van der Waals surface area contributed by atoms with Gasteiger partial charge in [-0.25, -0.2) is 4.98 Å². The molecule has 4 heteroatoms. The highest BCUT2D eigenvalue weighted by Crippen LogP contribution is 2.27. The molecule has 3 nitrogen and oxygen atoms in total. The highest BCUT2D eigenvalue weighted by Gasteiger charge is 2.15. The quantitative estimate of drug-likeness (QED) is 0.655. The predicted octanol–water partition coefficient (Wildman–Crippen LogP) is 3.72. The van der Waals surface area contributed by atoms with Crippen LogP contribution >= 0.6 is 11.6 Å². The maximum absolute atomic E-state index is 6.23. The number of pyridine rings is 1. The fourth-order valence-corrected chi connectivity index (χ4v) is 2.21. The third-order valence-corrected chi connectivity index (χ3v) is 3.05. The van der Waals surface area contributed by atoms with Crippen molar-refractivity contribution in [3.63, 3.8) is 0 Å². The van der Waals surface area contributed by atoms with Gasteiger partial charge < -0.3 is 0 Å². The SMILES string of the molecule is CC(Cl)c1nc2cnccc2n1-c1ccccc1. The summed E-state index contributed by atoms with van der Waals surface area (Å²) in [6, 6.07) is 12.1. The minimum absolute atomic E-state index is 0.155. The summed E-state index contributed by atoms with van der Waals surface area (Å²) in [4.78, 5) is 8.66. The second-order valence-corrected chi connectivity index (χ2v) is 4.78. The maximum Gasteiger partial charge on any atom is 0.132 e. The van der Waals surface area contributed by atoms with Crippen molar-refractivity contribution in [2.45, 2.75) is 12.3 Å². The van der Waals surface area contributed by atoms with Gasteiger partial charge in [0, 0.05) is 11.9 Å². The molecule has 0 saturated carbocycles. The lowest BCUT2D eigenvalue weighted by Gasteiger charge is -2.10. The van der Waals surface area contributed by atoms with Crippen LogP contribution in [-0.4, -0.2) is 14.5 Å². The van der Waals surface area contributed by atoms with Crippen molar-refractivity contribution in [1.29, 1.82) is 0 Å².